The summed E-state index contributed by atoms with van der Waals surface area (Å²) in [6.45, 7) is 2.84. The van der Waals surface area contributed by atoms with E-state index in [1.165, 1.54) is 29.4 Å². The number of halogens is 1. The van der Waals surface area contributed by atoms with Gasteiger partial charge < -0.3 is 61.1 Å². The van der Waals surface area contributed by atoms with Gasteiger partial charge in [-0.05, 0) is 68.4 Å². The van der Waals surface area contributed by atoms with E-state index in [0.717, 1.165) is 28.8 Å². The van der Waals surface area contributed by atoms with Gasteiger partial charge in [-0.25, -0.2) is 14.2 Å². The number of carboxylic acid groups (broad SMARTS) is 1. The highest BCUT2D eigenvalue weighted by Gasteiger charge is 2.66. The zero-order valence-electron chi connectivity index (χ0n) is 45.2. The molecule has 0 saturated carbocycles. The van der Waals surface area contributed by atoms with E-state index in [4.69, 9.17) is 19.6 Å². The molecule has 4 aliphatic heterocycles. The Morgan fingerprint density at radius 3 is 2.30 bits per heavy atom. The number of aryl methyl sites for hydroxylation is 1. The number of thioether (sulfide) groups is 1. The predicted octanol–water partition coefficient (Wildman–Crippen LogP) is -0.671. The minimum atomic E-state index is -2.08. The molecule has 1 saturated heterocycles. The van der Waals surface area contributed by atoms with Crippen LogP contribution in [0.25, 0.3) is 22.3 Å². The summed E-state index contributed by atoms with van der Waals surface area (Å²) >= 11 is 0.917. The monoisotopic (exact) mass is 1150 g/mol. The van der Waals surface area contributed by atoms with Crippen LogP contribution in [0.1, 0.15) is 78.6 Å². The standard InChI is InChI=1S/C55H59FN10O15S/c1-6-54(79)32-17-37-46-30(23-65(37)48(75)31(32)24-80-52(54)78)45-36(13-12-29-27(2)33(56)18-34(63-46)44(29)45)64(5)50(77)53(3,4)81-26-61-39(68)19-59-47(74)35(16-28-10-8-7-9-11-28)62-40(69)21-58-38(67)20-60-49(76)55(25-57-22-43(72)73)51(82-55)66-41(70)14-15-42(66)71/h7-11,14-15,17-18,35-36,51,57,79H,6,12-13,16,19-26H2,1-5H3,(H,58,67)(H,59,74)(H,60,76)(H,61,68)(H,62,69)(H,72,73)/t35-,36-,51?,54-,55-/m0/s1. The normalized spacial score (nSPS) is 20.5. The number of imide groups is 1. The maximum Gasteiger partial charge on any atom is 0.343 e. The minimum Gasteiger partial charge on any atom is -0.480 e. The Hall–Kier alpha value is -8.40. The highest BCUT2D eigenvalue weighted by Crippen LogP contribution is 2.56. The molecule has 5 atom stereocenters. The van der Waals surface area contributed by atoms with Gasteiger partial charge in [0.1, 0.15) is 40.9 Å². The van der Waals surface area contributed by atoms with Gasteiger partial charge in [-0.1, -0.05) is 37.3 Å². The molecular weight excluding hydrogens is 1090 g/mol. The number of cyclic esters (lactones) is 1. The molecule has 1 aliphatic carbocycles. The Labute approximate surface area is 471 Å². The van der Waals surface area contributed by atoms with Gasteiger partial charge in [0, 0.05) is 54.7 Å². The van der Waals surface area contributed by atoms with Crippen molar-refractivity contribution in [1.29, 1.82) is 0 Å². The molecule has 0 spiro atoms. The summed E-state index contributed by atoms with van der Waals surface area (Å²) in [4.78, 5) is 151. The van der Waals surface area contributed by atoms with Crippen LogP contribution in [0.2, 0.25) is 0 Å². The van der Waals surface area contributed by atoms with Crippen molar-refractivity contribution in [2.24, 2.45) is 0 Å². The molecule has 82 heavy (non-hydrogen) atoms. The molecule has 8 N–H and O–H groups in total. The topological polar surface area (TPSA) is 343 Å². The lowest BCUT2D eigenvalue weighted by Crippen LogP contribution is -2.53. The van der Waals surface area contributed by atoms with Crippen molar-refractivity contribution >= 4 is 81.9 Å². The molecule has 5 aliphatic rings. The number of pyridine rings is 2. The molecule has 9 rings (SSSR count). The molecule has 8 amide bonds. The number of esters is 1. The second kappa shape index (κ2) is 22.9. The fraction of sp³-hybridized carbons (Fsp3) is 0.418. The summed E-state index contributed by atoms with van der Waals surface area (Å²) in [7, 11) is 1.60. The Kier molecular flexibility index (Phi) is 16.2. The molecule has 25 nitrogen and oxygen atoms in total. The van der Waals surface area contributed by atoms with Gasteiger partial charge in [-0.15, -0.1) is 11.8 Å². The lowest BCUT2D eigenvalue weighted by molar-refractivity contribution is -0.172. The zero-order valence-corrected chi connectivity index (χ0v) is 46.0. The van der Waals surface area contributed by atoms with Crippen LogP contribution in [0.3, 0.4) is 0 Å². The highest BCUT2D eigenvalue weighted by atomic mass is 32.2. The van der Waals surface area contributed by atoms with Crippen molar-refractivity contribution in [2.45, 2.75) is 99.9 Å². The van der Waals surface area contributed by atoms with Crippen LogP contribution in [-0.4, -0.2) is 157 Å². The number of aliphatic carboxylic acids is 1. The minimum absolute atomic E-state index is 0.0296. The Morgan fingerprint density at radius 1 is 0.927 bits per heavy atom. The number of rotatable bonds is 22. The van der Waals surface area contributed by atoms with Crippen molar-refractivity contribution in [1.82, 2.24) is 51.3 Å². The first kappa shape index (κ1) is 58.3. The van der Waals surface area contributed by atoms with E-state index in [1.807, 2.05) is 0 Å². The summed E-state index contributed by atoms with van der Waals surface area (Å²) in [6.07, 6.45) is 2.71. The average molecular weight is 1150 g/mol. The Morgan fingerprint density at radius 2 is 1.61 bits per heavy atom. The van der Waals surface area contributed by atoms with Gasteiger partial charge in [0.25, 0.3) is 23.3 Å². The Bertz CT molecular complexity index is 3480. The van der Waals surface area contributed by atoms with E-state index in [2.05, 4.69) is 31.9 Å². The number of carbonyl (C=O) groups is 10. The second-order valence-electron chi connectivity index (χ2n) is 20.9. The fourth-order valence-corrected chi connectivity index (χ4v) is 12.2. The van der Waals surface area contributed by atoms with Crippen molar-refractivity contribution in [3.05, 3.63) is 110 Å². The van der Waals surface area contributed by atoms with Crippen molar-refractivity contribution in [2.75, 3.05) is 46.5 Å². The number of aromatic nitrogens is 2. The van der Waals surface area contributed by atoms with E-state index >= 15 is 4.39 Å². The predicted molar refractivity (Wildman–Crippen MR) is 288 cm³/mol. The first-order valence-corrected chi connectivity index (χ1v) is 27.1. The number of amides is 8. The van der Waals surface area contributed by atoms with Crippen molar-refractivity contribution in [3.8, 4) is 11.4 Å². The number of hydrogen-bond donors (Lipinski definition) is 8. The molecule has 27 heteroatoms. The first-order chi connectivity index (χ1) is 38.9. The first-order valence-electron chi connectivity index (χ1n) is 26.2. The molecular formula is C55H59FN10O15S. The number of ether oxygens (including phenoxy) is 2. The van der Waals surface area contributed by atoms with Crippen LogP contribution in [0.4, 0.5) is 4.39 Å². The van der Waals surface area contributed by atoms with Gasteiger partial charge >= 0.3 is 11.9 Å². The number of aliphatic hydroxyl groups is 1. The largest absolute Gasteiger partial charge is 0.480 e. The van der Waals surface area contributed by atoms with Crippen LogP contribution >= 0.6 is 11.8 Å². The number of carboxylic acids is 1. The smallest absolute Gasteiger partial charge is 0.343 e. The summed E-state index contributed by atoms with van der Waals surface area (Å²) in [5.41, 5.74) is 0.106. The summed E-state index contributed by atoms with van der Waals surface area (Å²) in [6, 6.07) is 9.59. The van der Waals surface area contributed by atoms with Crippen molar-refractivity contribution < 1.29 is 72.0 Å². The quantitative estimate of drug-likeness (QED) is 0.0184. The molecule has 2 aromatic heterocycles. The molecule has 4 aromatic rings. The van der Waals surface area contributed by atoms with Crippen LogP contribution in [0, 0.1) is 12.7 Å². The van der Waals surface area contributed by atoms with Gasteiger partial charge in [0.15, 0.2) is 5.60 Å². The third-order valence-electron chi connectivity index (χ3n) is 15.4. The van der Waals surface area contributed by atoms with Crippen LogP contribution in [0.5, 0.6) is 0 Å². The van der Waals surface area contributed by atoms with E-state index < -0.39 is 137 Å². The number of benzene rings is 2. The highest BCUT2D eigenvalue weighted by molar-refractivity contribution is 8.09. The third-order valence-corrected chi connectivity index (χ3v) is 16.9. The number of fused-ring (bicyclic) bond motifs is 5. The molecule has 432 valence electrons. The van der Waals surface area contributed by atoms with Crippen molar-refractivity contribution in [3.63, 3.8) is 0 Å². The van der Waals surface area contributed by atoms with E-state index in [9.17, 15) is 57.8 Å². The maximum absolute atomic E-state index is 15.6. The molecule has 1 unspecified atom stereocenters. The maximum atomic E-state index is 15.6. The SMILES string of the molecule is CC[C@@]1(O)C(=O)OCc2c1cc1n(c2=O)Cc2c-1nc1cc(F)c(C)c3c1c2[C@@H](N(C)C(=O)C(C)(C)OCNC(=O)CNC(=O)[C@H](Cc1ccccc1)NC(=O)CNC(=O)CNC(=O)[C@]1(CNCC(=O)O)SC1N1C(=O)C=CC1=O)CC3. The third kappa shape index (κ3) is 11.1. The fourth-order valence-electron chi connectivity index (χ4n) is 10.9. The number of nitrogens with one attached hydrogen (secondary N) is 6. The molecule has 2 aromatic carbocycles. The van der Waals surface area contributed by atoms with Gasteiger partial charge in [-0.3, -0.25) is 52.8 Å². The summed E-state index contributed by atoms with van der Waals surface area (Å²) in [5, 5.41) is 35.1. The summed E-state index contributed by atoms with van der Waals surface area (Å²) in [5.74, 6) is -8.29. The second-order valence-corrected chi connectivity index (χ2v) is 22.3. The summed E-state index contributed by atoms with van der Waals surface area (Å²) < 4.78 is 26.8. The number of hydrogen-bond acceptors (Lipinski definition) is 17. The number of nitrogens with zero attached hydrogens (tertiary/aromatic N) is 4. The van der Waals surface area contributed by atoms with Crippen LogP contribution in [0.15, 0.2) is 59.4 Å². The van der Waals surface area contributed by atoms with E-state index in [1.54, 1.807) is 57.3 Å². The van der Waals surface area contributed by atoms with Gasteiger partial charge in [0.2, 0.25) is 29.5 Å². The lowest BCUT2D eigenvalue weighted by Gasteiger charge is -2.38. The van der Waals surface area contributed by atoms with Crippen LogP contribution in [-0.2, 0) is 89.0 Å². The molecule has 0 radical (unpaired) electrons. The van der Waals surface area contributed by atoms with Gasteiger partial charge in [-0.2, -0.15) is 0 Å². The zero-order chi connectivity index (χ0) is 59.2. The number of likely N-dealkylation sites (N-methyl/N-ethyl adjacent to an activating group) is 1. The van der Waals surface area contributed by atoms with Gasteiger partial charge in [0.05, 0.1) is 61.2 Å². The molecule has 6 heterocycles. The Balaban J connectivity index is 0.801. The molecule has 0 bridgehead atoms. The van der Waals surface area contributed by atoms with E-state index in [-0.39, 0.29) is 43.7 Å². The molecule has 1 fully saturated rings. The number of carbonyl (C=O) groups excluding carboxylic acids is 9. The lowest BCUT2D eigenvalue weighted by atomic mass is 9.81. The van der Waals surface area contributed by atoms with Crippen LogP contribution < -0.4 is 37.5 Å². The average Bonchev–Trinajstić information content (AvgIpc) is 1.66. The van der Waals surface area contributed by atoms with E-state index in [0.29, 0.717) is 62.9 Å².